The van der Waals surface area contributed by atoms with Gasteiger partial charge in [0.05, 0.1) is 47.6 Å². The standard InChI is InChI=1S/C36H67NO12/c1-13-24-36(11,43)29(39)20(5)26(37)18(3)15-34(9,42)31(49-33-27(38)17(2)14-19(4)45-33)21(6)28(22(7)32(41)47-24)48-25-16-35(10,44-12)30(40)23(8)46-25/h17-31,33,38-40,42-43H,13-16,37H2,1-12H3/t17?,18-,19?,20+,21+,22-,23?,24-,25?,26+,27?,28+,29-,30?,31-,33?,34-,35?,36-/m1/s1. The van der Waals surface area contributed by atoms with Crippen molar-refractivity contribution >= 4 is 5.97 Å². The molecule has 3 fully saturated rings. The van der Waals surface area contributed by atoms with Crippen LogP contribution >= 0.6 is 0 Å². The van der Waals surface area contributed by atoms with Gasteiger partial charge in [0.1, 0.15) is 23.9 Å². The number of methoxy groups -OCH3 is 1. The van der Waals surface area contributed by atoms with E-state index in [-0.39, 0.29) is 31.3 Å². The summed E-state index contributed by atoms with van der Waals surface area (Å²) in [5.74, 6) is -3.65. The fraction of sp³-hybridized carbons (Fsp3) is 0.972. The molecule has 0 aromatic carbocycles. The van der Waals surface area contributed by atoms with Gasteiger partial charge in [-0.2, -0.15) is 0 Å². The number of rotatable bonds is 6. The van der Waals surface area contributed by atoms with Gasteiger partial charge in [-0.1, -0.05) is 34.6 Å². The number of aliphatic hydroxyl groups is 5. The Balaban J connectivity index is 2.16. The molecule has 3 saturated heterocycles. The van der Waals surface area contributed by atoms with Crippen LogP contribution in [0.25, 0.3) is 0 Å². The van der Waals surface area contributed by atoms with Crippen molar-refractivity contribution in [3.8, 4) is 0 Å². The van der Waals surface area contributed by atoms with Gasteiger partial charge >= 0.3 is 5.97 Å². The Morgan fingerprint density at radius 1 is 0.878 bits per heavy atom. The quantitative estimate of drug-likeness (QED) is 0.220. The molecule has 0 spiro atoms. The molecule has 0 bridgehead atoms. The van der Waals surface area contributed by atoms with Crippen molar-refractivity contribution in [2.45, 2.75) is 186 Å². The minimum absolute atomic E-state index is 0.101. The number of esters is 1. The van der Waals surface area contributed by atoms with Gasteiger partial charge in [-0.15, -0.1) is 0 Å². The molecule has 13 heteroatoms. The largest absolute Gasteiger partial charge is 0.459 e. The first-order chi connectivity index (χ1) is 22.5. The maximum Gasteiger partial charge on any atom is 0.311 e. The summed E-state index contributed by atoms with van der Waals surface area (Å²) in [5, 5.41) is 57.5. The lowest BCUT2D eigenvalue weighted by Gasteiger charge is -2.49. The van der Waals surface area contributed by atoms with Gasteiger partial charge in [-0.3, -0.25) is 4.79 Å². The monoisotopic (exact) mass is 705 g/mol. The average Bonchev–Trinajstić information content (AvgIpc) is 3.02. The van der Waals surface area contributed by atoms with Gasteiger partial charge in [-0.05, 0) is 72.6 Å². The number of ether oxygens (including phenoxy) is 6. The number of aliphatic hydroxyl groups excluding tert-OH is 3. The minimum atomic E-state index is -1.85. The van der Waals surface area contributed by atoms with Crippen LogP contribution in [0.1, 0.15) is 102 Å². The van der Waals surface area contributed by atoms with E-state index in [1.165, 1.54) is 14.0 Å². The molecule has 3 rings (SSSR count). The molecular weight excluding hydrogens is 638 g/mol. The van der Waals surface area contributed by atoms with Crippen LogP contribution in [-0.4, -0.2) is 123 Å². The van der Waals surface area contributed by atoms with Gasteiger partial charge in [0.2, 0.25) is 0 Å². The SMILES string of the molecule is CC[C@H]1OC(=O)[C@H](C)[C@@H](OC2CC(C)(OC)C(O)C(C)O2)[C@H](C)[C@@H](OC2OC(C)CC(C)C2O)[C@](C)(O)C[C@@H](C)[C@H](N)[C@H](C)[C@@H](O)[C@]1(C)O. The number of hydrogen-bond donors (Lipinski definition) is 6. The highest BCUT2D eigenvalue weighted by atomic mass is 16.7. The predicted molar refractivity (Wildman–Crippen MR) is 181 cm³/mol. The maximum absolute atomic E-state index is 14.0. The lowest BCUT2D eigenvalue weighted by Crippen LogP contribution is -2.61. The van der Waals surface area contributed by atoms with E-state index in [0.29, 0.717) is 6.42 Å². The molecule has 19 atom stereocenters. The van der Waals surface area contributed by atoms with Gasteiger partial charge in [0, 0.05) is 31.4 Å². The second-order valence-corrected chi connectivity index (χ2v) is 16.2. The van der Waals surface area contributed by atoms with Gasteiger partial charge in [0.15, 0.2) is 12.6 Å². The van der Waals surface area contributed by atoms with E-state index < -0.39 is 108 Å². The Hall–Kier alpha value is -0.970. The Labute approximate surface area is 293 Å². The van der Waals surface area contributed by atoms with Crippen molar-refractivity contribution in [2.75, 3.05) is 7.11 Å². The number of cyclic esters (lactones) is 1. The Bertz CT molecular complexity index is 1080. The highest BCUT2D eigenvalue weighted by Crippen LogP contribution is 2.41. The molecule has 3 aliphatic rings. The molecular formula is C36H67NO12. The first-order valence-corrected chi connectivity index (χ1v) is 18.1. The topological polar surface area (TPSA) is 200 Å². The zero-order valence-corrected chi connectivity index (χ0v) is 31.7. The second kappa shape index (κ2) is 16.4. The molecule has 0 amide bonds. The molecule has 49 heavy (non-hydrogen) atoms. The summed E-state index contributed by atoms with van der Waals surface area (Å²) in [6, 6.07) is -0.683. The molecule has 0 aliphatic carbocycles. The Morgan fingerprint density at radius 2 is 1.49 bits per heavy atom. The number of hydrogen-bond acceptors (Lipinski definition) is 13. The zero-order valence-electron chi connectivity index (χ0n) is 31.7. The third-order valence-corrected chi connectivity index (χ3v) is 11.8. The molecule has 288 valence electrons. The predicted octanol–water partition coefficient (Wildman–Crippen LogP) is 2.25. The normalized spacial score (nSPS) is 52.7. The van der Waals surface area contributed by atoms with Crippen LogP contribution in [0.15, 0.2) is 0 Å². The lowest BCUT2D eigenvalue weighted by atomic mass is 9.72. The first kappa shape index (κ1) is 42.4. The molecule has 0 aromatic rings. The van der Waals surface area contributed by atoms with Crippen LogP contribution < -0.4 is 5.73 Å². The fourth-order valence-electron chi connectivity index (χ4n) is 8.38. The van der Waals surface area contributed by atoms with Crippen molar-refractivity contribution in [1.82, 2.24) is 0 Å². The van der Waals surface area contributed by atoms with Gasteiger partial charge in [0.25, 0.3) is 0 Å². The van der Waals surface area contributed by atoms with Crippen LogP contribution in [0, 0.1) is 29.6 Å². The van der Waals surface area contributed by atoms with E-state index in [4.69, 9.17) is 34.2 Å². The van der Waals surface area contributed by atoms with Crippen LogP contribution in [0.3, 0.4) is 0 Å². The van der Waals surface area contributed by atoms with E-state index in [9.17, 15) is 30.3 Å². The summed E-state index contributed by atoms with van der Waals surface area (Å²) < 4.78 is 37.1. The second-order valence-electron chi connectivity index (χ2n) is 16.2. The van der Waals surface area contributed by atoms with Crippen molar-refractivity contribution in [2.24, 2.45) is 35.3 Å². The summed E-state index contributed by atoms with van der Waals surface area (Å²) in [6.07, 6.45) is -8.31. The Morgan fingerprint density at radius 3 is 2.06 bits per heavy atom. The summed E-state index contributed by atoms with van der Waals surface area (Å²) in [4.78, 5) is 14.0. The average molecular weight is 706 g/mol. The van der Waals surface area contributed by atoms with Crippen molar-refractivity contribution in [1.29, 1.82) is 0 Å². The van der Waals surface area contributed by atoms with Gasteiger partial charge < -0.3 is 59.7 Å². The van der Waals surface area contributed by atoms with E-state index in [2.05, 4.69) is 0 Å². The van der Waals surface area contributed by atoms with E-state index >= 15 is 0 Å². The van der Waals surface area contributed by atoms with Crippen molar-refractivity contribution in [3.05, 3.63) is 0 Å². The minimum Gasteiger partial charge on any atom is -0.459 e. The van der Waals surface area contributed by atoms with Crippen molar-refractivity contribution < 1.29 is 58.7 Å². The van der Waals surface area contributed by atoms with Crippen LogP contribution in [0.5, 0.6) is 0 Å². The highest BCUT2D eigenvalue weighted by Gasteiger charge is 2.53. The van der Waals surface area contributed by atoms with E-state index in [0.717, 1.165) is 0 Å². The molecule has 0 radical (unpaired) electrons. The molecule has 13 nitrogen and oxygen atoms in total. The summed E-state index contributed by atoms with van der Waals surface area (Å²) in [6.45, 7) is 19.1. The molecule has 0 aromatic heterocycles. The summed E-state index contributed by atoms with van der Waals surface area (Å²) >= 11 is 0. The summed E-state index contributed by atoms with van der Waals surface area (Å²) in [7, 11) is 1.50. The van der Waals surface area contributed by atoms with Crippen LogP contribution in [0.2, 0.25) is 0 Å². The molecule has 3 heterocycles. The van der Waals surface area contributed by atoms with Gasteiger partial charge in [-0.25, -0.2) is 0 Å². The zero-order chi connectivity index (χ0) is 37.4. The molecule has 7 N–H and O–H groups in total. The van der Waals surface area contributed by atoms with E-state index in [1.54, 1.807) is 48.5 Å². The lowest BCUT2D eigenvalue weighted by molar-refractivity contribution is -0.318. The van der Waals surface area contributed by atoms with Crippen LogP contribution in [-0.2, 0) is 33.2 Å². The third kappa shape index (κ3) is 9.16. The van der Waals surface area contributed by atoms with E-state index in [1.807, 2.05) is 20.8 Å². The van der Waals surface area contributed by atoms with Crippen LogP contribution in [0.4, 0.5) is 0 Å². The fourth-order valence-corrected chi connectivity index (χ4v) is 8.38. The number of nitrogens with two attached hydrogens (primary N) is 1. The summed E-state index contributed by atoms with van der Waals surface area (Å²) in [5.41, 5.74) is 2.21. The number of carbonyl (C=O) groups excluding carboxylic acids is 1. The third-order valence-electron chi connectivity index (χ3n) is 11.8. The van der Waals surface area contributed by atoms with Crippen molar-refractivity contribution in [3.63, 3.8) is 0 Å². The number of carbonyl (C=O) groups is 1. The Kier molecular flexibility index (Phi) is 14.2. The first-order valence-electron chi connectivity index (χ1n) is 18.1. The molecule has 0 saturated carbocycles. The molecule has 8 unspecified atom stereocenters. The highest BCUT2D eigenvalue weighted by molar-refractivity contribution is 5.73. The molecule has 3 aliphatic heterocycles. The maximum atomic E-state index is 14.0. The smallest absolute Gasteiger partial charge is 0.311 e.